The van der Waals surface area contributed by atoms with Crippen LogP contribution in [0.4, 0.5) is 8.78 Å². The molecule has 1 aliphatic heterocycles. The first kappa shape index (κ1) is 19.9. The van der Waals surface area contributed by atoms with Crippen molar-refractivity contribution in [2.45, 2.75) is 19.4 Å². The Morgan fingerprint density at radius 3 is 2.40 bits per heavy atom. The van der Waals surface area contributed by atoms with Crippen LogP contribution in [0.2, 0.25) is 0 Å². The number of piperidine rings is 1. The molecule has 1 amide bonds. The maximum absolute atomic E-state index is 13.4. The van der Waals surface area contributed by atoms with Crippen molar-refractivity contribution in [3.8, 4) is 11.3 Å². The normalized spacial score (nSPS) is 14.7. The molecule has 154 valence electrons. The molecule has 0 aliphatic carbocycles. The minimum atomic E-state index is -0.428. The van der Waals surface area contributed by atoms with E-state index in [9.17, 15) is 18.4 Å². The lowest BCUT2D eigenvalue weighted by Gasteiger charge is -2.32. The van der Waals surface area contributed by atoms with Crippen molar-refractivity contribution in [3.05, 3.63) is 88.2 Å². The summed E-state index contributed by atoms with van der Waals surface area (Å²) in [6.45, 7) is 1.55. The summed E-state index contributed by atoms with van der Waals surface area (Å²) in [5.41, 5.74) is 1.49. The summed E-state index contributed by atoms with van der Waals surface area (Å²) in [4.78, 5) is 26.5. The average Bonchev–Trinajstić information content (AvgIpc) is 2.76. The third kappa shape index (κ3) is 4.45. The van der Waals surface area contributed by atoms with Crippen LogP contribution >= 0.6 is 0 Å². The molecule has 0 bridgehead atoms. The van der Waals surface area contributed by atoms with E-state index in [1.165, 1.54) is 41.1 Å². The van der Waals surface area contributed by atoms with Gasteiger partial charge in [-0.25, -0.2) is 13.5 Å². The van der Waals surface area contributed by atoms with Gasteiger partial charge in [-0.3, -0.25) is 9.59 Å². The van der Waals surface area contributed by atoms with Crippen LogP contribution in [-0.2, 0) is 6.54 Å². The lowest BCUT2D eigenvalue weighted by molar-refractivity contribution is 0.0680. The maximum atomic E-state index is 13.4. The first-order chi connectivity index (χ1) is 14.5. The van der Waals surface area contributed by atoms with Gasteiger partial charge in [0.1, 0.15) is 11.6 Å². The van der Waals surface area contributed by atoms with Crippen LogP contribution in [0.5, 0.6) is 0 Å². The smallest absolute Gasteiger partial charge is 0.266 e. The topological polar surface area (TPSA) is 55.2 Å². The van der Waals surface area contributed by atoms with Gasteiger partial charge in [0.15, 0.2) is 0 Å². The summed E-state index contributed by atoms with van der Waals surface area (Å²) in [6.07, 6.45) is 1.46. The first-order valence-corrected chi connectivity index (χ1v) is 9.88. The highest BCUT2D eigenvalue weighted by atomic mass is 19.1. The largest absolute Gasteiger partial charge is 0.339 e. The van der Waals surface area contributed by atoms with Crippen LogP contribution in [0.25, 0.3) is 11.3 Å². The number of nitrogens with zero attached hydrogens (tertiary/aromatic N) is 3. The van der Waals surface area contributed by atoms with Gasteiger partial charge < -0.3 is 4.90 Å². The second-order valence-corrected chi connectivity index (χ2v) is 7.49. The van der Waals surface area contributed by atoms with Crippen molar-refractivity contribution in [3.63, 3.8) is 0 Å². The Kier molecular flexibility index (Phi) is 5.70. The van der Waals surface area contributed by atoms with E-state index < -0.39 is 5.82 Å². The molecule has 2 heterocycles. The minimum absolute atomic E-state index is 0.179. The molecule has 5 nitrogen and oxygen atoms in total. The molecule has 3 aromatic rings. The third-order valence-corrected chi connectivity index (χ3v) is 5.41. The third-order valence-electron chi connectivity index (χ3n) is 5.41. The highest BCUT2D eigenvalue weighted by Gasteiger charge is 2.24. The number of hydrogen-bond donors (Lipinski definition) is 0. The van der Waals surface area contributed by atoms with Gasteiger partial charge in [0, 0.05) is 36.8 Å². The van der Waals surface area contributed by atoms with Crippen molar-refractivity contribution in [2.75, 3.05) is 13.1 Å². The van der Waals surface area contributed by atoms with Crippen LogP contribution < -0.4 is 5.56 Å². The van der Waals surface area contributed by atoms with Gasteiger partial charge in [0.05, 0.1) is 5.69 Å². The van der Waals surface area contributed by atoms with Gasteiger partial charge in [-0.15, -0.1) is 0 Å². The van der Waals surface area contributed by atoms with E-state index in [1.807, 2.05) is 0 Å². The Balaban J connectivity index is 1.41. The maximum Gasteiger partial charge on any atom is 0.266 e. The fraction of sp³-hybridized carbons (Fsp3) is 0.261. The van der Waals surface area contributed by atoms with Gasteiger partial charge in [-0.1, -0.05) is 6.07 Å². The summed E-state index contributed by atoms with van der Waals surface area (Å²) >= 11 is 0. The number of benzene rings is 2. The van der Waals surface area contributed by atoms with Gasteiger partial charge in [-0.2, -0.15) is 5.10 Å². The Hall–Kier alpha value is -3.35. The van der Waals surface area contributed by atoms with Crippen molar-refractivity contribution >= 4 is 5.91 Å². The monoisotopic (exact) mass is 409 g/mol. The highest BCUT2D eigenvalue weighted by molar-refractivity contribution is 5.94. The molecule has 30 heavy (non-hydrogen) atoms. The Labute approximate surface area is 172 Å². The number of rotatable bonds is 4. The molecule has 0 atom stereocenters. The molecule has 1 saturated heterocycles. The summed E-state index contributed by atoms with van der Waals surface area (Å²) in [5, 5.41) is 4.44. The molecule has 0 unspecified atom stereocenters. The molecule has 0 radical (unpaired) electrons. The standard InChI is InChI=1S/C23H21F2N3O2/c24-19-6-4-17(5-7-19)21-8-9-22(29)28(26-21)15-16-10-12-27(13-11-16)23(30)18-2-1-3-20(25)14-18/h1-9,14,16H,10-13,15H2. The number of aromatic nitrogens is 2. The lowest BCUT2D eigenvalue weighted by atomic mass is 9.96. The fourth-order valence-electron chi connectivity index (χ4n) is 3.72. The van der Waals surface area contributed by atoms with Gasteiger partial charge in [-0.05, 0) is 67.3 Å². The quantitative estimate of drug-likeness (QED) is 0.660. The van der Waals surface area contributed by atoms with E-state index in [0.29, 0.717) is 30.9 Å². The van der Waals surface area contributed by atoms with Crippen LogP contribution in [-0.4, -0.2) is 33.7 Å². The lowest BCUT2D eigenvalue weighted by Crippen LogP contribution is -2.40. The second-order valence-electron chi connectivity index (χ2n) is 7.49. The van der Waals surface area contributed by atoms with Crippen LogP contribution in [0.3, 0.4) is 0 Å². The van der Waals surface area contributed by atoms with E-state index in [1.54, 1.807) is 29.2 Å². The molecule has 1 aromatic heterocycles. The van der Waals surface area contributed by atoms with Crippen LogP contribution in [0.15, 0.2) is 65.5 Å². The summed E-state index contributed by atoms with van der Waals surface area (Å²) in [7, 11) is 0. The number of hydrogen-bond acceptors (Lipinski definition) is 3. The number of likely N-dealkylation sites (tertiary alicyclic amines) is 1. The molecule has 0 saturated carbocycles. The molecular weight excluding hydrogens is 388 g/mol. The second kappa shape index (κ2) is 8.57. The van der Waals surface area contributed by atoms with Crippen LogP contribution in [0, 0.1) is 17.6 Å². The molecule has 2 aromatic carbocycles. The van der Waals surface area contributed by atoms with Crippen molar-refractivity contribution < 1.29 is 13.6 Å². The zero-order valence-corrected chi connectivity index (χ0v) is 16.3. The van der Waals surface area contributed by atoms with Crippen molar-refractivity contribution in [1.29, 1.82) is 0 Å². The van der Waals surface area contributed by atoms with Crippen molar-refractivity contribution in [2.24, 2.45) is 5.92 Å². The van der Waals surface area contributed by atoms with Gasteiger partial charge >= 0.3 is 0 Å². The SMILES string of the molecule is O=C(c1cccc(F)c1)N1CCC(Cn2nc(-c3ccc(F)cc3)ccc2=O)CC1. The van der Waals surface area contributed by atoms with Crippen molar-refractivity contribution in [1.82, 2.24) is 14.7 Å². The zero-order chi connectivity index (χ0) is 21.1. The molecule has 1 aliphatic rings. The Bertz CT molecular complexity index is 1100. The van der Waals surface area contributed by atoms with Crippen LogP contribution in [0.1, 0.15) is 23.2 Å². The minimum Gasteiger partial charge on any atom is -0.339 e. The molecular formula is C23H21F2N3O2. The summed E-state index contributed by atoms with van der Waals surface area (Å²) < 4.78 is 28.0. The number of carbonyl (C=O) groups excluding carboxylic acids is 1. The Morgan fingerprint density at radius 2 is 1.70 bits per heavy atom. The van der Waals surface area contributed by atoms with E-state index in [0.717, 1.165) is 18.4 Å². The summed E-state index contributed by atoms with van der Waals surface area (Å²) in [5.74, 6) is -0.731. The molecule has 1 fully saturated rings. The molecule has 4 rings (SSSR count). The highest BCUT2D eigenvalue weighted by Crippen LogP contribution is 2.21. The number of amides is 1. The first-order valence-electron chi connectivity index (χ1n) is 9.88. The molecule has 0 N–H and O–H groups in total. The van der Waals surface area contributed by atoms with E-state index in [-0.39, 0.29) is 23.2 Å². The molecule has 0 spiro atoms. The number of halogens is 2. The van der Waals surface area contributed by atoms with E-state index >= 15 is 0 Å². The van der Waals surface area contributed by atoms with E-state index in [4.69, 9.17) is 0 Å². The zero-order valence-electron chi connectivity index (χ0n) is 16.3. The number of carbonyl (C=O) groups is 1. The Morgan fingerprint density at radius 1 is 0.967 bits per heavy atom. The summed E-state index contributed by atoms with van der Waals surface area (Å²) in [6, 6.07) is 14.8. The van der Waals surface area contributed by atoms with Gasteiger partial charge in [0.2, 0.25) is 0 Å². The predicted molar refractivity (Wildman–Crippen MR) is 109 cm³/mol. The fourth-order valence-corrected chi connectivity index (χ4v) is 3.72. The molecule has 7 heteroatoms. The van der Waals surface area contributed by atoms with Gasteiger partial charge in [0.25, 0.3) is 11.5 Å². The van der Waals surface area contributed by atoms with E-state index in [2.05, 4.69) is 5.10 Å². The average molecular weight is 409 g/mol. The predicted octanol–water partition coefficient (Wildman–Crippen LogP) is 3.74.